The molecule has 1 aliphatic carbocycles. The van der Waals surface area contributed by atoms with Crippen LogP contribution in [0.4, 0.5) is 4.39 Å². The van der Waals surface area contributed by atoms with Gasteiger partial charge in [0.1, 0.15) is 5.67 Å². The summed E-state index contributed by atoms with van der Waals surface area (Å²) in [6.45, 7) is 0.0273. The van der Waals surface area contributed by atoms with Crippen molar-refractivity contribution < 1.29 is 9.50 Å². The van der Waals surface area contributed by atoms with Crippen LogP contribution in [0, 0.1) is 0 Å². The number of aliphatic hydroxyl groups is 1. The summed E-state index contributed by atoms with van der Waals surface area (Å²) < 4.78 is 13.8. The molecule has 0 amide bonds. The van der Waals surface area contributed by atoms with Crippen LogP contribution >= 0.6 is 0 Å². The lowest BCUT2D eigenvalue weighted by Gasteiger charge is -2.34. The van der Waals surface area contributed by atoms with E-state index in [0.717, 1.165) is 17.5 Å². The molecule has 1 aliphatic rings. The summed E-state index contributed by atoms with van der Waals surface area (Å²) >= 11 is 0. The average Bonchev–Trinajstić information content (AvgIpc) is 2.14. The highest BCUT2D eigenvalue weighted by atomic mass is 19.1. The Kier molecular flexibility index (Phi) is 2.08. The zero-order valence-electron chi connectivity index (χ0n) is 7.46. The third-order valence-corrected chi connectivity index (χ3v) is 2.80. The van der Waals surface area contributed by atoms with Gasteiger partial charge < -0.3 is 5.11 Å². The van der Waals surface area contributed by atoms with E-state index in [1.165, 1.54) is 0 Å². The maximum Gasteiger partial charge on any atom is 0.136 e. The van der Waals surface area contributed by atoms with E-state index in [1.54, 1.807) is 24.3 Å². The monoisotopic (exact) mass is 180 g/mol. The summed E-state index contributed by atoms with van der Waals surface area (Å²) in [6, 6.07) is 7.14. The van der Waals surface area contributed by atoms with Crippen molar-refractivity contribution in [3.8, 4) is 0 Å². The van der Waals surface area contributed by atoms with Crippen LogP contribution in [-0.2, 0) is 12.3 Å². The fraction of sp³-hybridized carbons (Fsp3) is 0.455. The van der Waals surface area contributed by atoms with Gasteiger partial charge >= 0.3 is 0 Å². The lowest BCUT2D eigenvalue weighted by Crippen LogP contribution is -2.28. The highest BCUT2D eigenvalue weighted by Crippen LogP contribution is 2.44. The molecule has 1 aromatic rings. The molecule has 0 bridgehead atoms. The summed E-state index contributed by atoms with van der Waals surface area (Å²) in [5.41, 5.74) is 0.524. The highest BCUT2D eigenvalue weighted by Gasteiger charge is 2.38. The highest BCUT2D eigenvalue weighted by molar-refractivity contribution is 5.28. The first-order chi connectivity index (χ1) is 6.24. The van der Waals surface area contributed by atoms with Gasteiger partial charge in [-0.2, -0.15) is 0 Å². The van der Waals surface area contributed by atoms with Crippen molar-refractivity contribution in [1.82, 2.24) is 0 Å². The summed E-state index contributed by atoms with van der Waals surface area (Å²) in [6.07, 6.45) is 2.27. The van der Waals surface area contributed by atoms with Crippen LogP contribution < -0.4 is 0 Å². The van der Waals surface area contributed by atoms with Gasteiger partial charge in [0.2, 0.25) is 0 Å². The second-order valence-corrected chi connectivity index (χ2v) is 3.67. The first kappa shape index (κ1) is 8.70. The van der Waals surface area contributed by atoms with E-state index in [-0.39, 0.29) is 6.61 Å². The molecule has 0 unspecified atom stereocenters. The molecule has 0 aliphatic heterocycles. The molecule has 70 valence electrons. The van der Waals surface area contributed by atoms with E-state index in [1.807, 2.05) is 0 Å². The smallest absolute Gasteiger partial charge is 0.136 e. The van der Waals surface area contributed by atoms with Gasteiger partial charge in [0.25, 0.3) is 0 Å². The van der Waals surface area contributed by atoms with E-state index in [2.05, 4.69) is 0 Å². The molecule has 1 nitrogen and oxygen atoms in total. The number of aliphatic hydroxyl groups excluding tert-OH is 1. The van der Waals surface area contributed by atoms with Crippen molar-refractivity contribution in [2.75, 3.05) is 0 Å². The van der Waals surface area contributed by atoms with Crippen molar-refractivity contribution >= 4 is 0 Å². The molecule has 0 heterocycles. The molecule has 0 saturated heterocycles. The van der Waals surface area contributed by atoms with Crippen LogP contribution in [0.1, 0.15) is 30.4 Å². The summed E-state index contributed by atoms with van der Waals surface area (Å²) in [5, 5.41) is 8.81. The van der Waals surface area contributed by atoms with Crippen LogP contribution in [0.2, 0.25) is 0 Å². The van der Waals surface area contributed by atoms with Crippen molar-refractivity contribution in [3.63, 3.8) is 0 Å². The maximum absolute atomic E-state index is 13.8. The van der Waals surface area contributed by atoms with Crippen LogP contribution in [0.3, 0.4) is 0 Å². The number of rotatable bonds is 2. The first-order valence-corrected chi connectivity index (χ1v) is 4.64. The van der Waals surface area contributed by atoms with E-state index >= 15 is 0 Å². The molecule has 13 heavy (non-hydrogen) atoms. The Labute approximate surface area is 77.2 Å². The Hall–Kier alpha value is -0.890. The Morgan fingerprint density at radius 1 is 1.23 bits per heavy atom. The minimum atomic E-state index is -1.08. The zero-order chi connectivity index (χ0) is 9.31. The normalized spacial score (nSPS) is 19.5. The van der Waals surface area contributed by atoms with E-state index < -0.39 is 5.67 Å². The number of alkyl halides is 1. The predicted octanol–water partition coefficient (Wildman–Crippen LogP) is 2.53. The van der Waals surface area contributed by atoms with Gasteiger partial charge in [-0.1, -0.05) is 24.3 Å². The van der Waals surface area contributed by atoms with Crippen molar-refractivity contribution in [2.24, 2.45) is 0 Å². The molecule has 1 aromatic carbocycles. The van der Waals surface area contributed by atoms with Gasteiger partial charge in [-0.25, -0.2) is 4.39 Å². The van der Waals surface area contributed by atoms with E-state index in [4.69, 9.17) is 5.11 Å². The lowest BCUT2D eigenvalue weighted by molar-refractivity contribution is 0.0609. The SMILES string of the molecule is OCc1ccc(C2(F)CCC2)cc1. The Bertz CT molecular complexity index is 287. The van der Waals surface area contributed by atoms with Gasteiger partial charge in [-0.3, -0.25) is 0 Å². The molecule has 1 fully saturated rings. The van der Waals surface area contributed by atoms with Crippen LogP contribution in [0.25, 0.3) is 0 Å². The number of benzene rings is 1. The number of halogens is 1. The quantitative estimate of drug-likeness (QED) is 0.741. The van der Waals surface area contributed by atoms with Crippen LogP contribution in [-0.4, -0.2) is 5.11 Å². The van der Waals surface area contributed by atoms with Crippen molar-refractivity contribution in [2.45, 2.75) is 31.5 Å². The van der Waals surface area contributed by atoms with Gasteiger partial charge in [0.05, 0.1) is 6.61 Å². The fourth-order valence-corrected chi connectivity index (χ4v) is 1.68. The standard InChI is InChI=1S/C11H13FO/c12-11(6-1-7-11)10-4-2-9(8-13)3-5-10/h2-5,13H,1,6-8H2. The molecule has 2 heteroatoms. The maximum atomic E-state index is 13.8. The summed E-state index contributed by atoms with van der Waals surface area (Å²) in [5.74, 6) is 0. The molecule has 1 saturated carbocycles. The fourth-order valence-electron chi connectivity index (χ4n) is 1.68. The van der Waals surface area contributed by atoms with Crippen LogP contribution in [0.15, 0.2) is 24.3 Å². The number of hydrogen-bond donors (Lipinski definition) is 1. The third kappa shape index (κ3) is 1.46. The van der Waals surface area contributed by atoms with E-state index in [0.29, 0.717) is 12.8 Å². The molecule has 0 aromatic heterocycles. The first-order valence-electron chi connectivity index (χ1n) is 4.64. The molecule has 0 radical (unpaired) electrons. The molecule has 1 N–H and O–H groups in total. The Morgan fingerprint density at radius 3 is 2.23 bits per heavy atom. The second-order valence-electron chi connectivity index (χ2n) is 3.67. The van der Waals surface area contributed by atoms with Gasteiger partial charge in [0.15, 0.2) is 0 Å². The minimum absolute atomic E-state index is 0.0273. The summed E-state index contributed by atoms with van der Waals surface area (Å²) in [7, 11) is 0. The van der Waals surface area contributed by atoms with Crippen molar-refractivity contribution in [1.29, 1.82) is 0 Å². The van der Waals surface area contributed by atoms with Crippen molar-refractivity contribution in [3.05, 3.63) is 35.4 Å². The number of hydrogen-bond acceptors (Lipinski definition) is 1. The van der Waals surface area contributed by atoms with E-state index in [9.17, 15) is 4.39 Å². The summed E-state index contributed by atoms with van der Waals surface area (Å²) in [4.78, 5) is 0. The lowest BCUT2D eigenvalue weighted by atomic mass is 9.77. The topological polar surface area (TPSA) is 20.2 Å². The molecule has 0 spiro atoms. The Balaban J connectivity index is 2.22. The van der Waals surface area contributed by atoms with Gasteiger partial charge in [-0.15, -0.1) is 0 Å². The second kappa shape index (κ2) is 3.11. The zero-order valence-corrected chi connectivity index (χ0v) is 7.46. The minimum Gasteiger partial charge on any atom is -0.392 e. The largest absolute Gasteiger partial charge is 0.392 e. The van der Waals surface area contributed by atoms with Gasteiger partial charge in [0, 0.05) is 0 Å². The van der Waals surface area contributed by atoms with Gasteiger partial charge in [-0.05, 0) is 30.4 Å². The Morgan fingerprint density at radius 2 is 1.85 bits per heavy atom. The molecule has 2 rings (SSSR count). The average molecular weight is 180 g/mol. The molecular weight excluding hydrogens is 167 g/mol. The predicted molar refractivity (Wildman–Crippen MR) is 49.0 cm³/mol. The third-order valence-electron chi connectivity index (χ3n) is 2.80. The van der Waals surface area contributed by atoms with Crippen LogP contribution in [0.5, 0.6) is 0 Å². The molecule has 0 atom stereocenters. The molecular formula is C11H13FO.